The van der Waals surface area contributed by atoms with Gasteiger partial charge in [-0.05, 0) is 50.0 Å². The average Bonchev–Trinajstić information content (AvgIpc) is 2.65. The van der Waals surface area contributed by atoms with Gasteiger partial charge in [0.05, 0.1) is 12.7 Å². The fourth-order valence-electron chi connectivity index (χ4n) is 2.34. The smallest absolute Gasteiger partial charge is 0.337 e. The van der Waals surface area contributed by atoms with Gasteiger partial charge in [0.25, 0.3) is 0 Å². The minimum atomic E-state index is -3.59. The summed E-state index contributed by atoms with van der Waals surface area (Å²) in [7, 11) is 1.76. The highest BCUT2D eigenvalue weighted by molar-refractivity contribution is 7.98. The number of sulfone groups is 1. The van der Waals surface area contributed by atoms with Crippen molar-refractivity contribution in [3.63, 3.8) is 0 Å². The third-order valence-corrected chi connectivity index (χ3v) is 5.99. The number of hydrogen-bond acceptors (Lipinski definition) is 7. The van der Waals surface area contributed by atoms with Gasteiger partial charge in [0, 0.05) is 24.3 Å². The molecule has 0 heterocycles. The predicted octanol–water partition coefficient (Wildman–Crippen LogP) is 3.46. The highest BCUT2D eigenvalue weighted by atomic mass is 32.2. The van der Waals surface area contributed by atoms with Crippen molar-refractivity contribution in [3.05, 3.63) is 53.6 Å². The largest absolute Gasteiger partial charge is 0.465 e. The molecule has 6 nitrogen and oxygen atoms in total. The zero-order valence-corrected chi connectivity index (χ0v) is 18.1. The van der Waals surface area contributed by atoms with Crippen LogP contribution in [0.2, 0.25) is 0 Å². The number of rotatable bonds is 9. The third kappa shape index (κ3) is 6.54. The van der Waals surface area contributed by atoms with Crippen molar-refractivity contribution in [1.82, 2.24) is 4.90 Å². The Hall–Kier alpha value is -2.03. The molecule has 0 radical (unpaired) electrons. The van der Waals surface area contributed by atoms with Crippen LogP contribution in [-0.2, 0) is 20.3 Å². The monoisotopic (exact) mass is 423 g/mol. The average molecular weight is 424 g/mol. The molecule has 0 aromatic heterocycles. The van der Waals surface area contributed by atoms with E-state index in [4.69, 9.17) is 4.74 Å². The molecule has 28 heavy (non-hydrogen) atoms. The maximum Gasteiger partial charge on any atom is 0.337 e. The topological polar surface area (TPSA) is 72.9 Å². The molecule has 0 unspecified atom stereocenters. The standard InChI is InChI=1S/C20H25NO5S2/c1-21(2)11-12-27-14-15-5-8-17(9-6-15)26-18-10-7-16(20(22)25-3)13-19(18)28(4,23)24/h5-10,13H,11-12,14H2,1-4H3. The Kier molecular flexibility index (Phi) is 7.91. The van der Waals surface area contributed by atoms with E-state index in [9.17, 15) is 13.2 Å². The molecule has 8 heteroatoms. The lowest BCUT2D eigenvalue weighted by Crippen LogP contribution is -2.14. The first-order valence-electron chi connectivity index (χ1n) is 8.62. The van der Waals surface area contributed by atoms with Gasteiger partial charge in [-0.15, -0.1) is 0 Å². The van der Waals surface area contributed by atoms with Crippen molar-refractivity contribution in [2.45, 2.75) is 10.6 Å². The number of esters is 1. The van der Waals surface area contributed by atoms with E-state index in [1.54, 1.807) is 0 Å². The van der Waals surface area contributed by atoms with Crippen LogP contribution in [0, 0.1) is 0 Å². The Morgan fingerprint density at radius 1 is 1.11 bits per heavy atom. The fraction of sp³-hybridized carbons (Fsp3) is 0.350. The van der Waals surface area contributed by atoms with E-state index in [2.05, 4.69) is 23.7 Å². The summed E-state index contributed by atoms with van der Waals surface area (Å²) in [5, 5.41) is 0. The van der Waals surface area contributed by atoms with Gasteiger partial charge in [-0.25, -0.2) is 13.2 Å². The Bertz CT molecular complexity index is 909. The van der Waals surface area contributed by atoms with Crippen LogP contribution in [0.15, 0.2) is 47.4 Å². The number of nitrogens with zero attached hydrogens (tertiary/aromatic N) is 1. The first-order chi connectivity index (χ1) is 13.2. The van der Waals surface area contributed by atoms with E-state index in [1.807, 2.05) is 36.0 Å². The molecular weight excluding hydrogens is 398 g/mol. The molecule has 0 spiro atoms. The zero-order valence-electron chi connectivity index (χ0n) is 16.5. The quantitative estimate of drug-likeness (QED) is 0.452. The molecule has 0 saturated heterocycles. The minimum absolute atomic E-state index is 0.0567. The summed E-state index contributed by atoms with van der Waals surface area (Å²) in [4.78, 5) is 13.8. The van der Waals surface area contributed by atoms with Crippen LogP contribution >= 0.6 is 11.8 Å². The summed E-state index contributed by atoms with van der Waals surface area (Å²) in [5.41, 5.74) is 1.32. The lowest BCUT2D eigenvalue weighted by molar-refractivity contribution is 0.0600. The van der Waals surface area contributed by atoms with Crippen molar-refractivity contribution < 1.29 is 22.7 Å². The Morgan fingerprint density at radius 3 is 2.36 bits per heavy atom. The van der Waals surface area contributed by atoms with E-state index in [0.29, 0.717) is 5.75 Å². The number of ether oxygens (including phenoxy) is 2. The van der Waals surface area contributed by atoms with Crippen molar-refractivity contribution in [2.24, 2.45) is 0 Å². The first kappa shape index (κ1) is 22.3. The van der Waals surface area contributed by atoms with Crippen LogP contribution in [0.25, 0.3) is 0 Å². The van der Waals surface area contributed by atoms with Crippen LogP contribution in [-0.4, -0.2) is 59.0 Å². The van der Waals surface area contributed by atoms with Crippen LogP contribution in [0.3, 0.4) is 0 Å². The number of benzene rings is 2. The maximum atomic E-state index is 12.1. The normalized spacial score (nSPS) is 11.5. The molecule has 0 amide bonds. The lowest BCUT2D eigenvalue weighted by atomic mass is 10.2. The lowest BCUT2D eigenvalue weighted by Gasteiger charge is -2.12. The van der Waals surface area contributed by atoms with Gasteiger partial charge in [-0.3, -0.25) is 0 Å². The highest BCUT2D eigenvalue weighted by Crippen LogP contribution is 2.30. The number of methoxy groups -OCH3 is 1. The molecular formula is C20H25NO5S2. The highest BCUT2D eigenvalue weighted by Gasteiger charge is 2.19. The summed E-state index contributed by atoms with van der Waals surface area (Å²) in [6, 6.07) is 11.7. The summed E-state index contributed by atoms with van der Waals surface area (Å²) < 4.78 is 34.7. The summed E-state index contributed by atoms with van der Waals surface area (Å²) in [5.74, 6) is 2.04. The van der Waals surface area contributed by atoms with E-state index in [1.165, 1.54) is 30.9 Å². The number of thioether (sulfide) groups is 1. The molecule has 0 saturated carbocycles. The molecule has 0 fully saturated rings. The summed E-state index contributed by atoms with van der Waals surface area (Å²) in [6.45, 7) is 1.03. The maximum absolute atomic E-state index is 12.1. The Labute approximate surface area is 170 Å². The van der Waals surface area contributed by atoms with E-state index < -0.39 is 15.8 Å². The van der Waals surface area contributed by atoms with E-state index in [0.717, 1.165) is 24.3 Å². The van der Waals surface area contributed by atoms with Gasteiger partial charge in [0.1, 0.15) is 16.4 Å². The van der Waals surface area contributed by atoms with Gasteiger partial charge >= 0.3 is 5.97 Å². The van der Waals surface area contributed by atoms with Crippen LogP contribution in [0.4, 0.5) is 0 Å². The van der Waals surface area contributed by atoms with Gasteiger partial charge in [0.15, 0.2) is 9.84 Å². The molecule has 0 bridgehead atoms. The van der Waals surface area contributed by atoms with Crippen LogP contribution < -0.4 is 4.74 Å². The molecule has 2 aromatic rings. The summed E-state index contributed by atoms with van der Waals surface area (Å²) >= 11 is 1.85. The second kappa shape index (κ2) is 9.95. The zero-order chi connectivity index (χ0) is 20.7. The first-order valence-corrected chi connectivity index (χ1v) is 11.7. The molecule has 2 aromatic carbocycles. The molecule has 0 aliphatic rings. The van der Waals surface area contributed by atoms with Crippen molar-refractivity contribution >= 4 is 27.6 Å². The Morgan fingerprint density at radius 2 is 1.79 bits per heavy atom. The second-order valence-corrected chi connectivity index (χ2v) is 9.62. The molecule has 0 aliphatic heterocycles. The van der Waals surface area contributed by atoms with Gasteiger partial charge in [-0.1, -0.05) is 12.1 Å². The second-order valence-electron chi connectivity index (χ2n) is 6.53. The van der Waals surface area contributed by atoms with Crippen LogP contribution in [0.1, 0.15) is 15.9 Å². The number of hydrogen-bond donors (Lipinski definition) is 0. The SMILES string of the molecule is COC(=O)c1ccc(Oc2ccc(CSCCN(C)C)cc2)c(S(C)(=O)=O)c1. The van der Waals surface area contributed by atoms with E-state index >= 15 is 0 Å². The minimum Gasteiger partial charge on any atom is -0.465 e. The fourth-order valence-corrected chi connectivity index (χ4v) is 4.23. The Balaban J connectivity index is 2.13. The van der Waals surface area contributed by atoms with Gasteiger partial charge in [-0.2, -0.15) is 11.8 Å². The van der Waals surface area contributed by atoms with Crippen LogP contribution in [0.5, 0.6) is 11.5 Å². The molecule has 0 aliphatic carbocycles. The van der Waals surface area contributed by atoms with Crippen molar-refractivity contribution in [3.8, 4) is 11.5 Å². The summed E-state index contributed by atoms with van der Waals surface area (Å²) in [6.07, 6.45) is 1.07. The molecule has 152 valence electrons. The molecule has 0 atom stereocenters. The molecule has 0 N–H and O–H groups in total. The van der Waals surface area contributed by atoms with Crippen molar-refractivity contribution in [2.75, 3.05) is 39.8 Å². The van der Waals surface area contributed by atoms with Gasteiger partial charge in [0.2, 0.25) is 0 Å². The number of carbonyl (C=O) groups excluding carboxylic acids is 1. The van der Waals surface area contributed by atoms with E-state index in [-0.39, 0.29) is 16.2 Å². The predicted molar refractivity (Wildman–Crippen MR) is 112 cm³/mol. The van der Waals surface area contributed by atoms with Crippen molar-refractivity contribution in [1.29, 1.82) is 0 Å². The third-order valence-electron chi connectivity index (χ3n) is 3.87. The number of carbonyl (C=O) groups is 1. The van der Waals surface area contributed by atoms with Gasteiger partial charge < -0.3 is 14.4 Å². The molecule has 2 rings (SSSR count).